The maximum Gasteiger partial charge on any atom is 0.0494 e. The molecule has 0 radical (unpaired) electrons. The van der Waals surface area contributed by atoms with Gasteiger partial charge in [-0.15, -0.1) is 11.6 Å². The molecule has 1 unspecified atom stereocenters. The SMILES string of the molecule is CSC1CCCN(c2cc(Cl)ccc2CCl)CC1. The monoisotopic (exact) mass is 303 g/mol. The molecule has 1 saturated heterocycles. The molecule has 1 aliphatic heterocycles. The molecule has 4 heteroatoms. The molecule has 0 N–H and O–H groups in total. The lowest BCUT2D eigenvalue weighted by molar-refractivity contribution is 0.745. The van der Waals surface area contributed by atoms with Gasteiger partial charge in [0.25, 0.3) is 0 Å². The van der Waals surface area contributed by atoms with E-state index in [1.165, 1.54) is 30.5 Å². The van der Waals surface area contributed by atoms with E-state index in [9.17, 15) is 0 Å². The van der Waals surface area contributed by atoms with Crippen molar-refractivity contribution in [2.24, 2.45) is 0 Å². The van der Waals surface area contributed by atoms with E-state index in [0.29, 0.717) is 5.88 Å². The average molecular weight is 304 g/mol. The third-order valence-electron chi connectivity index (χ3n) is 3.54. The van der Waals surface area contributed by atoms with Gasteiger partial charge in [-0.1, -0.05) is 17.7 Å². The first-order chi connectivity index (χ1) is 8.74. The van der Waals surface area contributed by atoms with Gasteiger partial charge in [-0.2, -0.15) is 11.8 Å². The Bertz CT molecular complexity index is 397. The van der Waals surface area contributed by atoms with Crippen LogP contribution in [0.2, 0.25) is 5.02 Å². The second kappa shape index (κ2) is 6.93. The molecule has 1 fully saturated rings. The summed E-state index contributed by atoms with van der Waals surface area (Å²) in [6, 6.07) is 6.02. The molecule has 1 aromatic carbocycles. The molecule has 100 valence electrons. The fraction of sp³-hybridized carbons (Fsp3) is 0.571. The summed E-state index contributed by atoms with van der Waals surface area (Å²) in [5.74, 6) is 0.551. The predicted molar refractivity (Wildman–Crippen MR) is 84.4 cm³/mol. The highest BCUT2D eigenvalue weighted by atomic mass is 35.5. The molecule has 1 aromatic rings. The lowest BCUT2D eigenvalue weighted by Crippen LogP contribution is -2.25. The zero-order chi connectivity index (χ0) is 13.0. The van der Waals surface area contributed by atoms with Crippen LogP contribution in [-0.4, -0.2) is 24.6 Å². The summed E-state index contributed by atoms with van der Waals surface area (Å²) in [4.78, 5) is 2.44. The molecule has 1 nitrogen and oxygen atoms in total. The lowest BCUT2D eigenvalue weighted by atomic mass is 10.1. The van der Waals surface area contributed by atoms with Crippen LogP contribution < -0.4 is 4.90 Å². The summed E-state index contributed by atoms with van der Waals surface area (Å²) in [5.41, 5.74) is 2.41. The number of rotatable bonds is 3. The quantitative estimate of drug-likeness (QED) is 0.738. The van der Waals surface area contributed by atoms with E-state index in [4.69, 9.17) is 23.2 Å². The molecule has 1 atom stereocenters. The van der Waals surface area contributed by atoms with Crippen molar-refractivity contribution in [2.45, 2.75) is 30.4 Å². The smallest absolute Gasteiger partial charge is 0.0494 e. The van der Waals surface area contributed by atoms with Crippen LogP contribution in [0.5, 0.6) is 0 Å². The van der Waals surface area contributed by atoms with Gasteiger partial charge in [-0.05, 0) is 43.2 Å². The van der Waals surface area contributed by atoms with E-state index in [1.54, 1.807) is 0 Å². The van der Waals surface area contributed by atoms with Crippen molar-refractivity contribution in [1.82, 2.24) is 0 Å². The highest BCUT2D eigenvalue weighted by molar-refractivity contribution is 7.99. The molecule has 0 bridgehead atoms. The Balaban J connectivity index is 2.17. The van der Waals surface area contributed by atoms with Gasteiger partial charge in [0.05, 0.1) is 0 Å². The largest absolute Gasteiger partial charge is 0.371 e. The second-order valence-electron chi connectivity index (χ2n) is 4.68. The third kappa shape index (κ3) is 3.49. The Kier molecular flexibility index (Phi) is 5.53. The highest BCUT2D eigenvalue weighted by Gasteiger charge is 2.18. The van der Waals surface area contributed by atoms with E-state index < -0.39 is 0 Å². The van der Waals surface area contributed by atoms with Gasteiger partial charge in [0.15, 0.2) is 0 Å². The molecule has 2 rings (SSSR count). The Hall–Kier alpha value is -0.0500. The fourth-order valence-corrected chi connectivity index (χ4v) is 3.62. The molecular formula is C14H19Cl2NS. The Morgan fingerprint density at radius 1 is 1.33 bits per heavy atom. The zero-order valence-corrected chi connectivity index (χ0v) is 13.0. The number of halogens is 2. The molecule has 1 heterocycles. The molecule has 0 amide bonds. The van der Waals surface area contributed by atoms with Gasteiger partial charge in [0.2, 0.25) is 0 Å². The molecule has 0 aromatic heterocycles. The summed E-state index contributed by atoms with van der Waals surface area (Å²) < 4.78 is 0. The molecular weight excluding hydrogens is 285 g/mol. The first-order valence-electron chi connectivity index (χ1n) is 6.36. The molecule has 18 heavy (non-hydrogen) atoms. The fourth-order valence-electron chi connectivity index (χ4n) is 2.49. The summed E-state index contributed by atoms with van der Waals surface area (Å²) in [6.07, 6.45) is 6.02. The summed E-state index contributed by atoms with van der Waals surface area (Å²) in [7, 11) is 0. The van der Waals surface area contributed by atoms with Crippen molar-refractivity contribution in [3.8, 4) is 0 Å². The molecule has 0 aliphatic carbocycles. The van der Waals surface area contributed by atoms with E-state index in [1.807, 2.05) is 23.9 Å². The maximum absolute atomic E-state index is 6.12. The van der Waals surface area contributed by atoms with Crippen LogP contribution in [0.25, 0.3) is 0 Å². The number of anilines is 1. The standard InChI is InChI=1S/C14H19Cl2NS/c1-18-13-3-2-7-17(8-6-13)14-9-12(16)5-4-11(14)10-15/h4-5,9,13H,2-3,6-8,10H2,1H3. The van der Waals surface area contributed by atoms with Crippen LogP contribution in [0.15, 0.2) is 18.2 Å². The zero-order valence-electron chi connectivity index (χ0n) is 10.7. The van der Waals surface area contributed by atoms with Crippen LogP contribution in [0.3, 0.4) is 0 Å². The number of hydrogen-bond acceptors (Lipinski definition) is 2. The van der Waals surface area contributed by atoms with Crippen LogP contribution in [0, 0.1) is 0 Å². The molecule has 0 spiro atoms. The topological polar surface area (TPSA) is 3.24 Å². The van der Waals surface area contributed by atoms with Crippen LogP contribution in [0.4, 0.5) is 5.69 Å². The third-order valence-corrected chi connectivity index (χ3v) is 5.20. The van der Waals surface area contributed by atoms with Crippen LogP contribution >= 0.6 is 35.0 Å². The Labute approximate surface area is 124 Å². The Morgan fingerprint density at radius 3 is 2.89 bits per heavy atom. The average Bonchev–Trinajstić information content (AvgIpc) is 2.63. The van der Waals surface area contributed by atoms with E-state index in [2.05, 4.69) is 17.2 Å². The minimum atomic E-state index is 0.551. The second-order valence-corrected chi connectivity index (χ2v) is 6.52. The normalized spacial score (nSPS) is 20.8. The van der Waals surface area contributed by atoms with Crippen molar-refractivity contribution in [1.29, 1.82) is 0 Å². The first-order valence-corrected chi connectivity index (χ1v) is 8.56. The number of thioether (sulfide) groups is 1. The predicted octanol–water partition coefficient (Wildman–Crippen LogP) is 4.80. The van der Waals surface area contributed by atoms with E-state index >= 15 is 0 Å². The Morgan fingerprint density at radius 2 is 2.17 bits per heavy atom. The lowest BCUT2D eigenvalue weighted by Gasteiger charge is -2.25. The van der Waals surface area contributed by atoms with Gasteiger partial charge >= 0.3 is 0 Å². The minimum absolute atomic E-state index is 0.551. The van der Waals surface area contributed by atoms with Gasteiger partial charge in [-0.25, -0.2) is 0 Å². The first kappa shape index (κ1) is 14.4. The van der Waals surface area contributed by atoms with Gasteiger partial charge in [-0.3, -0.25) is 0 Å². The van der Waals surface area contributed by atoms with E-state index in [-0.39, 0.29) is 0 Å². The van der Waals surface area contributed by atoms with Gasteiger partial charge in [0.1, 0.15) is 0 Å². The molecule has 1 aliphatic rings. The van der Waals surface area contributed by atoms with Crippen LogP contribution in [-0.2, 0) is 5.88 Å². The number of hydrogen-bond donors (Lipinski definition) is 0. The van der Waals surface area contributed by atoms with Crippen molar-refractivity contribution >= 4 is 40.7 Å². The maximum atomic E-state index is 6.12. The highest BCUT2D eigenvalue weighted by Crippen LogP contribution is 2.30. The van der Waals surface area contributed by atoms with Crippen molar-refractivity contribution < 1.29 is 0 Å². The number of alkyl halides is 1. The number of nitrogens with zero attached hydrogens (tertiary/aromatic N) is 1. The number of benzene rings is 1. The minimum Gasteiger partial charge on any atom is -0.371 e. The summed E-state index contributed by atoms with van der Waals surface area (Å²) >= 11 is 14.1. The molecule has 0 saturated carbocycles. The van der Waals surface area contributed by atoms with Gasteiger partial charge < -0.3 is 4.90 Å². The summed E-state index contributed by atoms with van der Waals surface area (Å²) in [5, 5.41) is 1.60. The van der Waals surface area contributed by atoms with E-state index in [0.717, 1.165) is 23.4 Å². The van der Waals surface area contributed by atoms with Crippen molar-refractivity contribution in [3.05, 3.63) is 28.8 Å². The van der Waals surface area contributed by atoms with Crippen molar-refractivity contribution in [3.63, 3.8) is 0 Å². The van der Waals surface area contributed by atoms with Crippen molar-refractivity contribution in [2.75, 3.05) is 24.2 Å². The van der Waals surface area contributed by atoms with Crippen LogP contribution in [0.1, 0.15) is 24.8 Å². The summed E-state index contributed by atoms with van der Waals surface area (Å²) in [6.45, 7) is 2.22. The van der Waals surface area contributed by atoms with Gasteiger partial charge in [0, 0.05) is 34.9 Å².